The number of hydrogen-bond acceptors (Lipinski definition) is 2. The molecule has 0 unspecified atom stereocenters. The molecule has 3 saturated carbocycles. The first-order valence-corrected chi connectivity index (χ1v) is 10.3. The van der Waals surface area contributed by atoms with Crippen LogP contribution in [0.25, 0.3) is 0 Å². The van der Waals surface area contributed by atoms with E-state index in [2.05, 4.69) is 9.80 Å². The van der Waals surface area contributed by atoms with Gasteiger partial charge in [-0.1, -0.05) is 0 Å². The summed E-state index contributed by atoms with van der Waals surface area (Å²) in [6, 6.07) is 0. The molecule has 4 heteroatoms. The number of hydrogen-bond donors (Lipinski definition) is 0. The van der Waals surface area contributed by atoms with Gasteiger partial charge in [0.05, 0.1) is 0 Å². The first-order chi connectivity index (χ1) is 11.7. The Morgan fingerprint density at radius 1 is 0.667 bits per heavy atom. The van der Waals surface area contributed by atoms with Crippen LogP contribution in [0.5, 0.6) is 0 Å². The third kappa shape index (κ3) is 2.32. The molecule has 0 spiro atoms. The van der Waals surface area contributed by atoms with Gasteiger partial charge < -0.3 is 9.80 Å². The van der Waals surface area contributed by atoms with Gasteiger partial charge >= 0.3 is 0 Å². The molecule has 5 fully saturated rings. The van der Waals surface area contributed by atoms with Gasteiger partial charge in [0.25, 0.3) is 0 Å². The van der Waals surface area contributed by atoms with E-state index in [0.29, 0.717) is 17.7 Å². The molecule has 4 nitrogen and oxygen atoms in total. The molecule has 0 aromatic rings. The van der Waals surface area contributed by atoms with Crippen molar-refractivity contribution in [2.24, 2.45) is 35.5 Å². The molecule has 0 aromatic carbocycles. The molecule has 4 atom stereocenters. The Kier molecular flexibility index (Phi) is 3.64. The minimum absolute atomic E-state index is 0.169. The summed E-state index contributed by atoms with van der Waals surface area (Å²) in [4.78, 5) is 29.7. The number of rotatable bonds is 2. The summed E-state index contributed by atoms with van der Waals surface area (Å²) in [6.45, 7) is 3.53. The highest BCUT2D eigenvalue weighted by atomic mass is 16.2. The fraction of sp³-hybridized carbons (Fsp3) is 0.900. The number of amides is 2. The lowest BCUT2D eigenvalue weighted by Gasteiger charge is -2.36. The van der Waals surface area contributed by atoms with Crippen molar-refractivity contribution in [1.29, 1.82) is 0 Å². The highest BCUT2D eigenvalue weighted by Gasteiger charge is 2.68. The van der Waals surface area contributed by atoms with Crippen LogP contribution in [0.3, 0.4) is 0 Å². The fourth-order valence-electron chi connectivity index (χ4n) is 6.59. The summed E-state index contributed by atoms with van der Waals surface area (Å²) in [5.74, 6) is 4.55. The zero-order valence-corrected chi connectivity index (χ0v) is 14.7. The standard InChI is InChI=1S/C20H30N2O2/c23-19(21-8-2-1-3-9-21)13-6-10-22(11-7-13)20(24)18-16-14-4-5-15(12-14)17(16)18/h13-18H,1-12H2/t14-,15-,16+,17+/m0/s1. The Bertz CT molecular complexity index is 518. The largest absolute Gasteiger partial charge is 0.342 e. The highest BCUT2D eigenvalue weighted by molar-refractivity contribution is 5.84. The van der Waals surface area contributed by atoms with Crippen LogP contribution >= 0.6 is 0 Å². The van der Waals surface area contributed by atoms with Crippen molar-refractivity contribution in [3.05, 3.63) is 0 Å². The Labute approximate surface area is 144 Å². The number of fused-ring (bicyclic) bond motifs is 5. The van der Waals surface area contributed by atoms with Gasteiger partial charge in [-0.3, -0.25) is 9.59 Å². The number of carbonyl (C=O) groups excluding carboxylic acids is 2. The normalized spacial score (nSPS) is 41.4. The van der Waals surface area contributed by atoms with E-state index in [-0.39, 0.29) is 5.92 Å². The van der Waals surface area contributed by atoms with Gasteiger partial charge in [-0.25, -0.2) is 0 Å². The lowest BCUT2D eigenvalue weighted by molar-refractivity contribution is -0.142. The van der Waals surface area contributed by atoms with Crippen LogP contribution in [0.4, 0.5) is 0 Å². The van der Waals surface area contributed by atoms with Crippen molar-refractivity contribution >= 4 is 11.8 Å². The van der Waals surface area contributed by atoms with Crippen molar-refractivity contribution in [3.63, 3.8) is 0 Å². The molecule has 2 bridgehead atoms. The maximum absolute atomic E-state index is 12.9. The van der Waals surface area contributed by atoms with E-state index < -0.39 is 0 Å². The second-order valence-corrected chi connectivity index (χ2v) is 9.00. The zero-order valence-electron chi connectivity index (χ0n) is 14.7. The number of nitrogens with zero attached hydrogens (tertiary/aromatic N) is 2. The Balaban J connectivity index is 1.15. The van der Waals surface area contributed by atoms with Crippen molar-refractivity contribution in [2.75, 3.05) is 26.2 Å². The van der Waals surface area contributed by atoms with E-state index in [1.807, 2.05) is 0 Å². The highest BCUT2D eigenvalue weighted by Crippen LogP contribution is 2.69. The van der Waals surface area contributed by atoms with Crippen LogP contribution in [-0.4, -0.2) is 47.8 Å². The smallest absolute Gasteiger partial charge is 0.226 e. The summed E-state index contributed by atoms with van der Waals surface area (Å²) in [5, 5.41) is 0. The van der Waals surface area contributed by atoms with E-state index in [1.54, 1.807) is 0 Å². The van der Waals surface area contributed by atoms with E-state index in [9.17, 15) is 9.59 Å². The van der Waals surface area contributed by atoms with Crippen LogP contribution in [0.1, 0.15) is 51.4 Å². The van der Waals surface area contributed by atoms with E-state index in [1.165, 1.54) is 25.7 Å². The molecule has 0 aromatic heterocycles. The quantitative estimate of drug-likeness (QED) is 0.781. The Morgan fingerprint density at radius 3 is 1.88 bits per heavy atom. The molecule has 2 saturated heterocycles. The van der Waals surface area contributed by atoms with E-state index in [0.717, 1.165) is 75.5 Å². The van der Waals surface area contributed by atoms with Gasteiger partial charge in [-0.15, -0.1) is 0 Å². The minimum atomic E-state index is 0.169. The average Bonchev–Trinajstić information content (AvgIpc) is 3.07. The third-order valence-corrected chi connectivity index (χ3v) is 7.84. The SMILES string of the molecule is O=C(C1CCN(C(=O)C2[C@@H]3[C@H]4CC[C@@H](C4)[C@@H]23)CC1)N1CCCCC1. The van der Waals surface area contributed by atoms with Gasteiger partial charge in [0.15, 0.2) is 0 Å². The van der Waals surface area contributed by atoms with Crippen LogP contribution in [0, 0.1) is 35.5 Å². The molecular weight excluding hydrogens is 300 g/mol. The number of piperidine rings is 2. The van der Waals surface area contributed by atoms with Crippen LogP contribution in [0.2, 0.25) is 0 Å². The molecule has 24 heavy (non-hydrogen) atoms. The zero-order chi connectivity index (χ0) is 16.3. The average molecular weight is 330 g/mol. The molecule has 2 heterocycles. The first-order valence-electron chi connectivity index (χ1n) is 10.3. The molecule has 2 aliphatic heterocycles. The van der Waals surface area contributed by atoms with Crippen molar-refractivity contribution in [3.8, 4) is 0 Å². The Morgan fingerprint density at radius 2 is 1.25 bits per heavy atom. The molecule has 132 valence electrons. The van der Waals surface area contributed by atoms with Crippen molar-refractivity contribution in [1.82, 2.24) is 9.80 Å². The van der Waals surface area contributed by atoms with Gasteiger partial charge in [0.1, 0.15) is 0 Å². The third-order valence-electron chi connectivity index (χ3n) is 7.84. The van der Waals surface area contributed by atoms with Gasteiger partial charge in [0.2, 0.25) is 11.8 Å². The second-order valence-electron chi connectivity index (χ2n) is 9.00. The van der Waals surface area contributed by atoms with Crippen LogP contribution in [0.15, 0.2) is 0 Å². The van der Waals surface area contributed by atoms with Crippen LogP contribution in [-0.2, 0) is 9.59 Å². The van der Waals surface area contributed by atoms with Gasteiger partial charge in [-0.05, 0) is 75.0 Å². The first kappa shape index (κ1) is 15.2. The number of likely N-dealkylation sites (tertiary alicyclic amines) is 2. The maximum atomic E-state index is 12.9. The summed E-state index contributed by atoms with van der Waals surface area (Å²) in [7, 11) is 0. The van der Waals surface area contributed by atoms with E-state index >= 15 is 0 Å². The van der Waals surface area contributed by atoms with Crippen LogP contribution < -0.4 is 0 Å². The van der Waals surface area contributed by atoms with Gasteiger partial charge in [-0.2, -0.15) is 0 Å². The molecule has 0 N–H and O–H groups in total. The molecule has 0 radical (unpaired) electrons. The Hall–Kier alpha value is -1.06. The summed E-state index contributed by atoms with van der Waals surface area (Å²) in [5.41, 5.74) is 0. The monoisotopic (exact) mass is 330 g/mol. The summed E-state index contributed by atoms with van der Waals surface area (Å²) >= 11 is 0. The predicted octanol–water partition coefficient (Wildman–Crippen LogP) is 2.53. The van der Waals surface area contributed by atoms with E-state index in [4.69, 9.17) is 0 Å². The summed E-state index contributed by atoms with van der Waals surface area (Å²) in [6.07, 6.45) is 9.52. The van der Waals surface area contributed by atoms with Gasteiger partial charge in [0, 0.05) is 38.0 Å². The molecule has 5 aliphatic rings. The second kappa shape index (κ2) is 5.74. The number of carbonyl (C=O) groups is 2. The van der Waals surface area contributed by atoms with Crippen molar-refractivity contribution in [2.45, 2.75) is 51.4 Å². The lowest BCUT2D eigenvalue weighted by atomic mass is 9.93. The molecule has 5 rings (SSSR count). The maximum Gasteiger partial charge on any atom is 0.226 e. The van der Waals surface area contributed by atoms with Crippen molar-refractivity contribution < 1.29 is 9.59 Å². The molecule has 2 amide bonds. The minimum Gasteiger partial charge on any atom is -0.342 e. The molecular formula is C20H30N2O2. The molecule has 3 aliphatic carbocycles. The fourth-order valence-corrected chi connectivity index (χ4v) is 6.59. The predicted molar refractivity (Wildman–Crippen MR) is 91.0 cm³/mol. The summed E-state index contributed by atoms with van der Waals surface area (Å²) < 4.78 is 0. The topological polar surface area (TPSA) is 40.6 Å². The lowest BCUT2D eigenvalue weighted by Crippen LogP contribution is -2.46.